The highest BCUT2D eigenvalue weighted by Crippen LogP contribution is 2.28. The minimum absolute atomic E-state index is 0.226. The van der Waals surface area contributed by atoms with Crippen molar-refractivity contribution in [3.63, 3.8) is 0 Å². The second-order valence-corrected chi connectivity index (χ2v) is 6.14. The summed E-state index contributed by atoms with van der Waals surface area (Å²) < 4.78 is 5.19. The molecule has 0 radical (unpaired) electrons. The van der Waals surface area contributed by atoms with Crippen LogP contribution >= 0.6 is 0 Å². The van der Waals surface area contributed by atoms with Crippen molar-refractivity contribution in [1.29, 1.82) is 0 Å². The number of carbonyl (C=O) groups excluding carboxylic acids is 1. The van der Waals surface area contributed by atoms with Gasteiger partial charge in [0.05, 0.1) is 11.8 Å². The highest BCUT2D eigenvalue weighted by atomic mass is 16.4. The van der Waals surface area contributed by atoms with Crippen LogP contribution in [0.25, 0.3) is 0 Å². The number of carbonyl (C=O) groups is 2. The molecule has 2 atom stereocenters. The summed E-state index contributed by atoms with van der Waals surface area (Å²) in [5.74, 6) is 0.247. The summed E-state index contributed by atoms with van der Waals surface area (Å²) in [5, 5.41) is 11.8. The molecule has 1 amide bonds. The van der Waals surface area contributed by atoms with Crippen molar-refractivity contribution in [1.82, 2.24) is 5.32 Å². The average Bonchev–Trinajstić information content (AvgIpc) is 2.76. The molecule has 1 aliphatic carbocycles. The number of aryl methyl sites for hydroxylation is 1. The van der Waals surface area contributed by atoms with E-state index in [9.17, 15) is 9.59 Å². The predicted molar refractivity (Wildman–Crippen MR) is 78.2 cm³/mol. The van der Waals surface area contributed by atoms with Gasteiger partial charge in [-0.2, -0.15) is 0 Å². The van der Waals surface area contributed by atoms with Crippen molar-refractivity contribution in [2.75, 3.05) is 6.54 Å². The maximum Gasteiger partial charge on any atom is 0.311 e. The van der Waals surface area contributed by atoms with Gasteiger partial charge in [0.15, 0.2) is 0 Å². The Bertz CT molecular complexity index is 520. The Morgan fingerprint density at radius 1 is 1.43 bits per heavy atom. The van der Waals surface area contributed by atoms with E-state index in [0.717, 1.165) is 18.8 Å². The van der Waals surface area contributed by atoms with Crippen LogP contribution in [0.3, 0.4) is 0 Å². The molecule has 0 aromatic carbocycles. The number of carboxylic acids is 1. The molecule has 5 heteroatoms. The van der Waals surface area contributed by atoms with Gasteiger partial charge in [0.25, 0.3) is 5.91 Å². The predicted octanol–water partition coefficient (Wildman–Crippen LogP) is 2.77. The van der Waals surface area contributed by atoms with Crippen molar-refractivity contribution in [2.24, 2.45) is 11.8 Å². The maximum absolute atomic E-state index is 12.3. The Balaban J connectivity index is 1.96. The Labute approximate surface area is 124 Å². The number of hydrogen-bond donors (Lipinski definition) is 2. The van der Waals surface area contributed by atoms with Gasteiger partial charge in [-0.3, -0.25) is 9.59 Å². The summed E-state index contributed by atoms with van der Waals surface area (Å²) in [4.78, 5) is 23.1. The summed E-state index contributed by atoms with van der Waals surface area (Å²) >= 11 is 0. The molecule has 0 aliphatic heterocycles. The molecule has 1 heterocycles. The molecule has 0 saturated heterocycles. The zero-order valence-electron chi connectivity index (χ0n) is 12.6. The van der Waals surface area contributed by atoms with Crippen LogP contribution in [0.1, 0.15) is 54.3 Å². The number of amides is 1. The first-order valence-corrected chi connectivity index (χ1v) is 7.54. The highest BCUT2D eigenvalue weighted by Gasteiger charge is 2.23. The summed E-state index contributed by atoms with van der Waals surface area (Å²) in [6.07, 6.45) is 5.96. The zero-order chi connectivity index (χ0) is 15.4. The van der Waals surface area contributed by atoms with E-state index in [2.05, 4.69) is 12.2 Å². The summed E-state index contributed by atoms with van der Waals surface area (Å²) in [7, 11) is 0. The van der Waals surface area contributed by atoms with Crippen LogP contribution < -0.4 is 5.32 Å². The molecule has 2 unspecified atom stereocenters. The molecule has 21 heavy (non-hydrogen) atoms. The van der Waals surface area contributed by atoms with Gasteiger partial charge in [-0.05, 0) is 31.6 Å². The first kappa shape index (κ1) is 15.6. The topological polar surface area (TPSA) is 79.5 Å². The highest BCUT2D eigenvalue weighted by molar-refractivity contribution is 5.97. The molecule has 0 bridgehead atoms. The maximum atomic E-state index is 12.3. The quantitative estimate of drug-likeness (QED) is 0.875. The van der Waals surface area contributed by atoms with Gasteiger partial charge in [-0.15, -0.1) is 0 Å². The minimum atomic E-state index is -1.00. The molecule has 116 valence electrons. The van der Waals surface area contributed by atoms with E-state index < -0.39 is 5.97 Å². The van der Waals surface area contributed by atoms with Crippen LogP contribution in [0, 0.1) is 18.8 Å². The normalized spacial score (nSPS) is 22.0. The smallest absolute Gasteiger partial charge is 0.311 e. The first-order chi connectivity index (χ1) is 9.97. The van der Waals surface area contributed by atoms with Gasteiger partial charge in [-0.25, -0.2) is 0 Å². The third kappa shape index (κ3) is 4.09. The molecular formula is C16H23NO4. The lowest BCUT2D eigenvalue weighted by atomic mass is 9.82. The van der Waals surface area contributed by atoms with Crippen LogP contribution in [0.4, 0.5) is 0 Å². The molecule has 5 nitrogen and oxygen atoms in total. The minimum Gasteiger partial charge on any atom is -0.481 e. The zero-order valence-corrected chi connectivity index (χ0v) is 12.6. The molecule has 1 aromatic rings. The summed E-state index contributed by atoms with van der Waals surface area (Å²) in [6, 6.07) is 0. The van der Waals surface area contributed by atoms with Crippen molar-refractivity contribution in [3.05, 3.63) is 23.2 Å². The number of nitrogens with one attached hydrogen (secondary N) is 1. The van der Waals surface area contributed by atoms with Crippen molar-refractivity contribution in [2.45, 2.75) is 46.0 Å². The van der Waals surface area contributed by atoms with Gasteiger partial charge < -0.3 is 14.8 Å². The van der Waals surface area contributed by atoms with Crippen LogP contribution in [0.2, 0.25) is 0 Å². The van der Waals surface area contributed by atoms with E-state index in [4.69, 9.17) is 9.52 Å². The average molecular weight is 293 g/mol. The van der Waals surface area contributed by atoms with E-state index in [0.29, 0.717) is 23.6 Å². The van der Waals surface area contributed by atoms with Gasteiger partial charge in [0, 0.05) is 12.1 Å². The molecule has 1 aliphatic rings. The standard InChI is InChI=1S/C16H23NO4/c1-10-4-3-5-12(6-10)8-17-16(20)15-11(2)9-21-13(15)7-14(18)19/h9-10,12H,3-8H2,1-2H3,(H,17,20)(H,18,19). The van der Waals surface area contributed by atoms with Crippen LogP contribution in [-0.2, 0) is 11.2 Å². The molecule has 1 saturated carbocycles. The van der Waals surface area contributed by atoms with Crippen LogP contribution in [0.5, 0.6) is 0 Å². The lowest BCUT2D eigenvalue weighted by Crippen LogP contribution is -2.32. The number of rotatable bonds is 5. The second kappa shape index (κ2) is 6.78. The third-order valence-corrected chi connectivity index (χ3v) is 4.19. The van der Waals surface area contributed by atoms with E-state index in [1.807, 2.05) is 0 Å². The van der Waals surface area contributed by atoms with Gasteiger partial charge >= 0.3 is 5.97 Å². The molecule has 0 spiro atoms. The fourth-order valence-corrected chi connectivity index (χ4v) is 3.14. The van der Waals surface area contributed by atoms with E-state index >= 15 is 0 Å². The first-order valence-electron chi connectivity index (χ1n) is 7.54. The number of hydrogen-bond acceptors (Lipinski definition) is 3. The largest absolute Gasteiger partial charge is 0.481 e. The van der Waals surface area contributed by atoms with Crippen molar-refractivity contribution < 1.29 is 19.1 Å². The van der Waals surface area contributed by atoms with E-state index in [1.54, 1.807) is 6.92 Å². The number of aliphatic carboxylic acids is 1. The summed E-state index contributed by atoms with van der Waals surface area (Å²) in [5.41, 5.74) is 1.06. The Hall–Kier alpha value is -1.78. The fraction of sp³-hybridized carbons (Fsp3) is 0.625. The Kier molecular flexibility index (Phi) is 5.04. The van der Waals surface area contributed by atoms with Crippen LogP contribution in [0.15, 0.2) is 10.7 Å². The molecular weight excluding hydrogens is 270 g/mol. The summed E-state index contributed by atoms with van der Waals surface area (Å²) in [6.45, 7) is 4.66. The monoisotopic (exact) mass is 293 g/mol. The molecule has 2 rings (SSSR count). The van der Waals surface area contributed by atoms with Crippen LogP contribution in [-0.4, -0.2) is 23.5 Å². The lowest BCUT2D eigenvalue weighted by molar-refractivity contribution is -0.136. The van der Waals surface area contributed by atoms with Gasteiger partial charge in [0.1, 0.15) is 12.2 Å². The van der Waals surface area contributed by atoms with Gasteiger partial charge in [-0.1, -0.05) is 19.8 Å². The fourth-order valence-electron chi connectivity index (χ4n) is 3.14. The van der Waals surface area contributed by atoms with Crippen molar-refractivity contribution in [3.8, 4) is 0 Å². The Morgan fingerprint density at radius 3 is 2.86 bits per heavy atom. The van der Waals surface area contributed by atoms with E-state index in [-0.39, 0.29) is 18.1 Å². The third-order valence-electron chi connectivity index (χ3n) is 4.19. The molecule has 2 N–H and O–H groups in total. The van der Waals surface area contributed by atoms with E-state index in [1.165, 1.54) is 19.1 Å². The van der Waals surface area contributed by atoms with Crippen molar-refractivity contribution >= 4 is 11.9 Å². The second-order valence-electron chi connectivity index (χ2n) is 6.14. The molecule has 1 fully saturated rings. The van der Waals surface area contributed by atoms with Gasteiger partial charge in [0.2, 0.25) is 0 Å². The Morgan fingerprint density at radius 2 is 2.19 bits per heavy atom. The molecule has 1 aromatic heterocycles. The SMILES string of the molecule is Cc1coc(CC(=O)O)c1C(=O)NCC1CCCC(C)C1. The number of carboxylic acid groups (broad SMARTS) is 1. The lowest BCUT2D eigenvalue weighted by Gasteiger charge is -2.26. The number of furan rings is 1.